The third-order valence-electron chi connectivity index (χ3n) is 2.71. The summed E-state index contributed by atoms with van der Waals surface area (Å²) in [6.45, 7) is 2.24. The Morgan fingerprint density at radius 3 is 1.75 bits per heavy atom. The summed E-state index contributed by atoms with van der Waals surface area (Å²) in [7, 11) is 1.45. The van der Waals surface area contributed by atoms with Gasteiger partial charge in [0.1, 0.15) is 0 Å². The molecule has 3 heteroatoms. The zero-order chi connectivity index (χ0) is 11.4. The first-order chi connectivity index (χ1) is 7.31. The average molecular weight is 337 g/mol. The van der Waals surface area contributed by atoms with Crippen LogP contribution in [0.3, 0.4) is 0 Å². The van der Waals surface area contributed by atoms with Crippen molar-refractivity contribution in [2.75, 3.05) is 7.11 Å². The van der Waals surface area contributed by atoms with Crippen molar-refractivity contribution < 1.29 is 9.53 Å². The van der Waals surface area contributed by atoms with Gasteiger partial charge in [-0.1, -0.05) is 58.3 Å². The first kappa shape index (κ1) is 18.6. The molecule has 0 rings (SSSR count). The molecular weight excluding hydrogens is 307 g/mol. The fraction of sp³-hybridized carbons (Fsp3) is 0.923. The Morgan fingerprint density at radius 1 is 0.875 bits per heavy atom. The fourth-order valence-corrected chi connectivity index (χ4v) is 1.68. The molecule has 0 aromatic rings. The van der Waals surface area contributed by atoms with Crippen molar-refractivity contribution in [1.82, 2.24) is 0 Å². The molecule has 0 aliphatic rings. The number of rotatable bonds is 10. The van der Waals surface area contributed by atoms with Gasteiger partial charge >= 0.3 is 29.9 Å². The number of esters is 1. The summed E-state index contributed by atoms with van der Waals surface area (Å²) in [5.41, 5.74) is 0. The van der Waals surface area contributed by atoms with Crippen molar-refractivity contribution in [2.24, 2.45) is 0 Å². The van der Waals surface area contributed by atoms with Crippen LogP contribution in [0.25, 0.3) is 0 Å². The van der Waals surface area contributed by atoms with Crippen molar-refractivity contribution in [1.29, 1.82) is 0 Å². The van der Waals surface area contributed by atoms with Crippen molar-refractivity contribution in [2.45, 2.75) is 71.1 Å². The van der Waals surface area contributed by atoms with Gasteiger partial charge in [0, 0.05) is 6.42 Å². The summed E-state index contributed by atoms with van der Waals surface area (Å²) in [6.07, 6.45) is 12.2. The molecule has 0 N–H and O–H groups in total. The summed E-state index contributed by atoms with van der Waals surface area (Å²) in [5.74, 6) is -0.0713. The van der Waals surface area contributed by atoms with E-state index in [1.807, 2.05) is 0 Å². The number of carbonyl (C=O) groups excluding carboxylic acids is 1. The van der Waals surface area contributed by atoms with E-state index >= 15 is 0 Å². The van der Waals surface area contributed by atoms with Crippen LogP contribution in [0.2, 0.25) is 0 Å². The van der Waals surface area contributed by atoms with Crippen LogP contribution in [0.15, 0.2) is 0 Å². The number of hydrogen-bond acceptors (Lipinski definition) is 2. The molecule has 16 heavy (non-hydrogen) atoms. The molecule has 0 aliphatic heterocycles. The molecule has 0 saturated carbocycles. The maximum atomic E-state index is 10.8. The Kier molecular flexibility index (Phi) is 17.8. The Hall–Kier alpha value is 0.269. The summed E-state index contributed by atoms with van der Waals surface area (Å²) >= 11 is 0. The van der Waals surface area contributed by atoms with Gasteiger partial charge in [0.2, 0.25) is 0 Å². The molecular formula is C13H30O2Sn. The summed E-state index contributed by atoms with van der Waals surface area (Å²) in [4.78, 5) is 10.8. The topological polar surface area (TPSA) is 26.3 Å². The number of ether oxygens (including phenoxy) is 1. The molecule has 0 amide bonds. The fourth-order valence-electron chi connectivity index (χ4n) is 1.68. The third-order valence-corrected chi connectivity index (χ3v) is 2.71. The Morgan fingerprint density at radius 2 is 1.31 bits per heavy atom. The van der Waals surface area contributed by atoms with E-state index in [2.05, 4.69) is 11.7 Å². The van der Waals surface area contributed by atoms with Crippen LogP contribution < -0.4 is 0 Å². The summed E-state index contributed by atoms with van der Waals surface area (Å²) in [6, 6.07) is 0. The second kappa shape index (κ2) is 15.3. The average Bonchev–Trinajstić information content (AvgIpc) is 2.26. The molecule has 0 aromatic heterocycles. The van der Waals surface area contributed by atoms with Gasteiger partial charge in [-0.25, -0.2) is 0 Å². The molecule has 0 aromatic carbocycles. The van der Waals surface area contributed by atoms with Gasteiger partial charge < -0.3 is 4.74 Å². The minimum atomic E-state index is -0.0713. The first-order valence-electron chi connectivity index (χ1n) is 6.38. The van der Waals surface area contributed by atoms with Crippen LogP contribution >= 0.6 is 0 Å². The van der Waals surface area contributed by atoms with Crippen molar-refractivity contribution in [3.8, 4) is 0 Å². The maximum absolute atomic E-state index is 10.8. The quantitative estimate of drug-likeness (QED) is 0.348. The molecule has 0 bridgehead atoms. The van der Waals surface area contributed by atoms with E-state index in [4.69, 9.17) is 0 Å². The summed E-state index contributed by atoms with van der Waals surface area (Å²) < 4.78 is 4.58. The molecule has 0 heterocycles. The second-order valence-electron chi connectivity index (χ2n) is 4.15. The molecule has 98 valence electrons. The molecule has 0 aliphatic carbocycles. The monoisotopic (exact) mass is 338 g/mol. The molecule has 0 radical (unpaired) electrons. The Bertz CT molecular complexity index is 149. The van der Waals surface area contributed by atoms with Crippen molar-refractivity contribution in [3.63, 3.8) is 0 Å². The van der Waals surface area contributed by atoms with E-state index in [-0.39, 0.29) is 29.9 Å². The van der Waals surface area contributed by atoms with Crippen molar-refractivity contribution in [3.05, 3.63) is 0 Å². The van der Waals surface area contributed by atoms with Gasteiger partial charge in [-0.3, -0.25) is 4.79 Å². The first-order valence-corrected chi connectivity index (χ1v) is 6.38. The van der Waals surface area contributed by atoms with Gasteiger partial charge in [-0.15, -0.1) is 0 Å². The molecule has 0 atom stereocenters. The zero-order valence-electron chi connectivity index (χ0n) is 10.4. The van der Waals surface area contributed by atoms with E-state index in [1.165, 1.54) is 58.5 Å². The number of hydrogen-bond donors (Lipinski definition) is 0. The molecule has 2 nitrogen and oxygen atoms in total. The third kappa shape index (κ3) is 14.3. The molecule has 0 spiro atoms. The van der Waals surface area contributed by atoms with Crippen LogP contribution in [0, 0.1) is 0 Å². The molecule has 0 saturated heterocycles. The minimum absolute atomic E-state index is 0. The van der Waals surface area contributed by atoms with Crippen molar-refractivity contribution >= 4 is 29.9 Å². The van der Waals surface area contributed by atoms with Gasteiger partial charge in [0.05, 0.1) is 7.11 Å². The standard InChI is InChI=1S/C13H26O2.Sn.4H/c1-3-4-5-6-7-8-9-10-11-12-13(14)15-2;;;;;/h3-12H2,1-2H3;;;;;. The van der Waals surface area contributed by atoms with Crippen LogP contribution in [0.4, 0.5) is 0 Å². The number of unbranched alkanes of at least 4 members (excludes halogenated alkanes) is 8. The number of methoxy groups -OCH3 is 1. The predicted molar refractivity (Wildman–Crippen MR) is 75.2 cm³/mol. The van der Waals surface area contributed by atoms with Crippen LogP contribution in [0.1, 0.15) is 71.1 Å². The van der Waals surface area contributed by atoms with E-state index in [0.29, 0.717) is 6.42 Å². The second-order valence-corrected chi connectivity index (χ2v) is 4.15. The normalized spacial score (nSPS) is 9.62. The van der Waals surface area contributed by atoms with Gasteiger partial charge in [-0.2, -0.15) is 0 Å². The van der Waals surface area contributed by atoms with Gasteiger partial charge in [0.15, 0.2) is 0 Å². The van der Waals surface area contributed by atoms with Gasteiger partial charge in [0.25, 0.3) is 0 Å². The molecule has 0 unspecified atom stereocenters. The Labute approximate surface area is 117 Å². The molecule has 0 fully saturated rings. The van der Waals surface area contributed by atoms with E-state index in [9.17, 15) is 4.79 Å². The van der Waals surface area contributed by atoms with Crippen LogP contribution in [-0.2, 0) is 9.53 Å². The van der Waals surface area contributed by atoms with E-state index in [0.717, 1.165) is 6.42 Å². The SMILES string of the molecule is CCCCCCCCCCCC(=O)OC.[SnH4]. The predicted octanol–water partition coefficient (Wildman–Crippen LogP) is 2.63. The van der Waals surface area contributed by atoms with E-state index in [1.54, 1.807) is 0 Å². The van der Waals surface area contributed by atoms with E-state index < -0.39 is 0 Å². The van der Waals surface area contributed by atoms with Crippen LogP contribution in [-0.4, -0.2) is 37.0 Å². The van der Waals surface area contributed by atoms with Gasteiger partial charge in [-0.05, 0) is 6.42 Å². The van der Waals surface area contributed by atoms with Crippen LogP contribution in [0.5, 0.6) is 0 Å². The zero-order valence-corrected chi connectivity index (χ0v) is 10.4. The Balaban J connectivity index is 0. The summed E-state index contributed by atoms with van der Waals surface area (Å²) in [5, 5.41) is 0. The number of carbonyl (C=O) groups is 1.